The van der Waals surface area contributed by atoms with E-state index in [4.69, 9.17) is 10.1 Å². The SMILES string of the molecule is CC(Cc1nc2c(n1C)CCC(C(=O)O)C2)C(C)(C)C. The van der Waals surface area contributed by atoms with E-state index in [0.717, 1.165) is 30.8 Å². The molecule has 4 heteroatoms. The molecule has 2 rings (SSSR count). The van der Waals surface area contributed by atoms with E-state index in [-0.39, 0.29) is 11.3 Å². The van der Waals surface area contributed by atoms with Crippen molar-refractivity contribution in [3.8, 4) is 0 Å². The van der Waals surface area contributed by atoms with Crippen LogP contribution in [0, 0.1) is 17.3 Å². The number of imidazole rings is 1. The molecule has 0 spiro atoms. The molecule has 0 amide bonds. The number of aromatic nitrogens is 2. The predicted molar refractivity (Wildman–Crippen MR) is 78.7 cm³/mol. The molecule has 112 valence electrons. The summed E-state index contributed by atoms with van der Waals surface area (Å²) in [5.74, 6) is 0.694. The number of nitrogens with zero attached hydrogens (tertiary/aromatic N) is 2. The Kier molecular flexibility index (Phi) is 3.94. The van der Waals surface area contributed by atoms with Gasteiger partial charge < -0.3 is 9.67 Å². The first kappa shape index (κ1) is 15.1. The molecule has 0 saturated heterocycles. The van der Waals surface area contributed by atoms with Crippen LogP contribution < -0.4 is 0 Å². The van der Waals surface area contributed by atoms with Crippen molar-refractivity contribution in [2.45, 2.75) is 53.4 Å². The Morgan fingerprint density at radius 3 is 2.70 bits per heavy atom. The third kappa shape index (κ3) is 2.89. The van der Waals surface area contributed by atoms with E-state index in [1.54, 1.807) is 0 Å². The summed E-state index contributed by atoms with van der Waals surface area (Å²) in [6.45, 7) is 9.01. The highest BCUT2D eigenvalue weighted by molar-refractivity contribution is 5.70. The molecule has 1 heterocycles. The fraction of sp³-hybridized carbons (Fsp3) is 0.750. The Morgan fingerprint density at radius 2 is 2.15 bits per heavy atom. The Bertz CT molecular complexity index is 511. The van der Waals surface area contributed by atoms with Crippen molar-refractivity contribution in [3.05, 3.63) is 17.2 Å². The van der Waals surface area contributed by atoms with Gasteiger partial charge in [-0.25, -0.2) is 4.98 Å². The molecule has 1 aliphatic rings. The molecular formula is C16H26N2O2. The second-order valence-corrected chi connectivity index (χ2v) is 7.23. The lowest BCUT2D eigenvalue weighted by Crippen LogP contribution is -2.23. The summed E-state index contributed by atoms with van der Waals surface area (Å²) in [5, 5.41) is 9.16. The fourth-order valence-electron chi connectivity index (χ4n) is 2.74. The summed E-state index contributed by atoms with van der Waals surface area (Å²) in [7, 11) is 2.07. The standard InChI is InChI=1S/C16H26N2O2/c1-10(16(2,3)4)8-14-17-12-9-11(15(19)20)6-7-13(12)18(14)5/h10-11H,6-9H2,1-5H3,(H,19,20). The molecule has 0 fully saturated rings. The van der Waals surface area contributed by atoms with E-state index >= 15 is 0 Å². The van der Waals surface area contributed by atoms with Gasteiger partial charge in [0, 0.05) is 25.6 Å². The molecule has 0 saturated carbocycles. The van der Waals surface area contributed by atoms with Gasteiger partial charge in [0.25, 0.3) is 0 Å². The van der Waals surface area contributed by atoms with Crippen LogP contribution in [0.3, 0.4) is 0 Å². The highest BCUT2D eigenvalue weighted by Crippen LogP contribution is 2.31. The topological polar surface area (TPSA) is 55.1 Å². The average Bonchev–Trinajstić information content (AvgIpc) is 2.64. The van der Waals surface area contributed by atoms with E-state index in [1.807, 2.05) is 0 Å². The molecule has 1 aliphatic carbocycles. The minimum atomic E-state index is -0.689. The van der Waals surface area contributed by atoms with Crippen molar-refractivity contribution >= 4 is 5.97 Å². The van der Waals surface area contributed by atoms with Crippen LogP contribution in [0.15, 0.2) is 0 Å². The molecule has 20 heavy (non-hydrogen) atoms. The van der Waals surface area contributed by atoms with Crippen LogP contribution >= 0.6 is 0 Å². The molecule has 1 aromatic rings. The lowest BCUT2D eigenvalue weighted by Gasteiger charge is -2.27. The maximum Gasteiger partial charge on any atom is 0.306 e. The molecule has 2 unspecified atom stereocenters. The van der Waals surface area contributed by atoms with Gasteiger partial charge in [-0.2, -0.15) is 0 Å². The number of carbonyl (C=O) groups is 1. The first-order valence-electron chi connectivity index (χ1n) is 7.46. The number of carboxylic acid groups (broad SMARTS) is 1. The predicted octanol–water partition coefficient (Wildman–Crippen LogP) is 2.83. The fourth-order valence-corrected chi connectivity index (χ4v) is 2.74. The van der Waals surface area contributed by atoms with E-state index in [1.165, 1.54) is 5.69 Å². The molecular weight excluding hydrogens is 252 g/mol. The Hall–Kier alpha value is -1.32. The summed E-state index contributed by atoms with van der Waals surface area (Å²) in [4.78, 5) is 15.9. The smallest absolute Gasteiger partial charge is 0.306 e. The first-order chi connectivity index (χ1) is 9.20. The van der Waals surface area contributed by atoms with Gasteiger partial charge >= 0.3 is 5.97 Å². The van der Waals surface area contributed by atoms with Crippen LogP contribution in [0.4, 0.5) is 0 Å². The Morgan fingerprint density at radius 1 is 1.50 bits per heavy atom. The van der Waals surface area contributed by atoms with Crippen LogP contribution in [0.5, 0.6) is 0 Å². The highest BCUT2D eigenvalue weighted by Gasteiger charge is 2.29. The van der Waals surface area contributed by atoms with Gasteiger partial charge in [-0.05, 0) is 24.2 Å². The van der Waals surface area contributed by atoms with Crippen molar-refractivity contribution in [2.75, 3.05) is 0 Å². The number of aliphatic carboxylic acids is 1. The van der Waals surface area contributed by atoms with E-state index in [0.29, 0.717) is 12.3 Å². The van der Waals surface area contributed by atoms with Crippen molar-refractivity contribution in [1.29, 1.82) is 0 Å². The van der Waals surface area contributed by atoms with Crippen LogP contribution in [0.25, 0.3) is 0 Å². The van der Waals surface area contributed by atoms with Crippen LogP contribution in [-0.4, -0.2) is 20.6 Å². The zero-order valence-electron chi connectivity index (χ0n) is 13.2. The molecule has 0 aliphatic heterocycles. The second kappa shape index (κ2) is 5.23. The summed E-state index contributed by atoms with van der Waals surface area (Å²) in [6, 6.07) is 0. The van der Waals surface area contributed by atoms with Crippen molar-refractivity contribution in [1.82, 2.24) is 9.55 Å². The quantitative estimate of drug-likeness (QED) is 0.925. The normalized spacial score (nSPS) is 20.6. The Labute approximate surface area is 121 Å². The highest BCUT2D eigenvalue weighted by atomic mass is 16.4. The number of hydrogen-bond donors (Lipinski definition) is 1. The number of fused-ring (bicyclic) bond motifs is 1. The second-order valence-electron chi connectivity index (χ2n) is 7.23. The van der Waals surface area contributed by atoms with E-state index < -0.39 is 5.97 Å². The molecule has 0 radical (unpaired) electrons. The van der Waals surface area contributed by atoms with Gasteiger partial charge in [-0.3, -0.25) is 4.79 Å². The van der Waals surface area contributed by atoms with Crippen molar-refractivity contribution < 1.29 is 9.90 Å². The third-order valence-electron chi connectivity index (χ3n) is 4.87. The maximum absolute atomic E-state index is 11.1. The summed E-state index contributed by atoms with van der Waals surface area (Å²) >= 11 is 0. The molecule has 0 aromatic carbocycles. The van der Waals surface area contributed by atoms with Gasteiger partial charge in [0.15, 0.2) is 0 Å². The average molecular weight is 278 g/mol. The Balaban J connectivity index is 2.20. The minimum absolute atomic E-state index is 0.259. The molecule has 1 aromatic heterocycles. The van der Waals surface area contributed by atoms with Gasteiger partial charge in [-0.1, -0.05) is 27.7 Å². The van der Waals surface area contributed by atoms with Crippen LogP contribution in [0.2, 0.25) is 0 Å². The van der Waals surface area contributed by atoms with Crippen LogP contribution in [0.1, 0.15) is 51.3 Å². The summed E-state index contributed by atoms with van der Waals surface area (Å²) in [6.07, 6.45) is 3.10. The van der Waals surface area contributed by atoms with Crippen LogP contribution in [-0.2, 0) is 31.1 Å². The van der Waals surface area contributed by atoms with Gasteiger partial charge in [0.2, 0.25) is 0 Å². The zero-order valence-corrected chi connectivity index (χ0v) is 13.2. The van der Waals surface area contributed by atoms with E-state index in [9.17, 15) is 4.79 Å². The van der Waals surface area contributed by atoms with E-state index in [2.05, 4.69) is 39.3 Å². The summed E-state index contributed by atoms with van der Waals surface area (Å²) in [5.41, 5.74) is 2.50. The van der Waals surface area contributed by atoms with Crippen molar-refractivity contribution in [3.63, 3.8) is 0 Å². The summed E-state index contributed by atoms with van der Waals surface area (Å²) < 4.78 is 2.19. The molecule has 1 N–H and O–H groups in total. The minimum Gasteiger partial charge on any atom is -0.481 e. The largest absolute Gasteiger partial charge is 0.481 e. The molecule has 2 atom stereocenters. The first-order valence-corrected chi connectivity index (χ1v) is 7.46. The monoisotopic (exact) mass is 278 g/mol. The number of hydrogen-bond acceptors (Lipinski definition) is 2. The molecule has 0 bridgehead atoms. The lowest BCUT2D eigenvalue weighted by atomic mass is 9.80. The van der Waals surface area contributed by atoms with Crippen molar-refractivity contribution in [2.24, 2.45) is 24.3 Å². The zero-order chi connectivity index (χ0) is 15.1. The molecule has 4 nitrogen and oxygen atoms in total. The third-order valence-corrected chi connectivity index (χ3v) is 4.87. The number of rotatable bonds is 3. The maximum atomic E-state index is 11.1. The van der Waals surface area contributed by atoms with Gasteiger partial charge in [-0.15, -0.1) is 0 Å². The lowest BCUT2D eigenvalue weighted by molar-refractivity contribution is -0.142. The van der Waals surface area contributed by atoms with Gasteiger partial charge in [0.05, 0.1) is 11.6 Å². The number of carboxylic acids is 1. The van der Waals surface area contributed by atoms with Gasteiger partial charge in [0.1, 0.15) is 5.82 Å².